The zero-order chi connectivity index (χ0) is 87.6. The van der Waals surface area contributed by atoms with Gasteiger partial charge in [0.05, 0.1) is 52.8 Å². The number of nitrogens with zero attached hydrogens (tertiary/aromatic N) is 10. The van der Waals surface area contributed by atoms with Crippen LogP contribution in [-0.4, -0.2) is 24.5 Å². The summed E-state index contributed by atoms with van der Waals surface area (Å²) in [6.07, 6.45) is 19.6. The van der Waals surface area contributed by atoms with Crippen molar-refractivity contribution in [2.75, 3.05) is 0 Å². The Kier molecular flexibility index (Phi) is 19.3. The first-order chi connectivity index (χ1) is 63.2. The molecule has 0 bridgehead atoms. The van der Waals surface area contributed by atoms with Gasteiger partial charge in [-0.2, -0.15) is 0 Å². The predicted molar refractivity (Wildman–Crippen MR) is 521 cm³/mol. The summed E-state index contributed by atoms with van der Waals surface area (Å²) < 4.78 is 45.0. The second-order valence-corrected chi connectivity index (χ2v) is 33.4. The largest absolute Gasteiger partial charge is 0.455 e. The second kappa shape index (κ2) is 31.7. The average molecular weight is 1680 g/mol. The van der Waals surface area contributed by atoms with E-state index in [1.54, 1.807) is 0 Å². The van der Waals surface area contributed by atoms with Crippen LogP contribution in [0, 0.1) is 34.6 Å². The molecule has 0 amide bonds. The maximum absolute atomic E-state index is 6.51. The van der Waals surface area contributed by atoms with Crippen LogP contribution in [0.2, 0.25) is 0 Å². The zero-order valence-corrected chi connectivity index (χ0v) is 73.3. The van der Waals surface area contributed by atoms with Crippen LogP contribution in [-0.2, 0) is 42.3 Å². The second-order valence-electron chi connectivity index (χ2n) is 33.4. The lowest BCUT2D eigenvalue weighted by Crippen LogP contribution is -2.30. The van der Waals surface area contributed by atoms with Crippen molar-refractivity contribution in [3.05, 3.63) is 369 Å². The Hall–Kier alpha value is -16.4. The highest BCUT2D eigenvalue weighted by Gasteiger charge is 2.33. The number of aromatic nitrogens is 10. The molecule has 129 heavy (non-hydrogen) atoms. The van der Waals surface area contributed by atoms with Crippen LogP contribution in [0.4, 0.5) is 0 Å². The summed E-state index contributed by atoms with van der Waals surface area (Å²) in [5.74, 6) is 1.15. The normalized spacial score (nSPS) is 11.7. The molecule has 12 aromatic carbocycles. The molecule has 0 saturated heterocycles. The fraction of sp³-hybridized carbons (Fsp3) is 0.0965. The summed E-state index contributed by atoms with van der Waals surface area (Å²) in [4.78, 5) is 18.1. The number of pyridine rings is 8. The van der Waals surface area contributed by atoms with E-state index in [1.807, 2.05) is 134 Å². The van der Waals surface area contributed by atoms with Gasteiger partial charge in [-0.3, -0.25) is 19.9 Å². The lowest BCUT2D eigenvalue weighted by molar-refractivity contribution is -0.660. The van der Waals surface area contributed by atoms with Gasteiger partial charge in [0.25, 0.3) is 5.82 Å². The molecule has 0 aliphatic carbocycles. The SMILES string of the molecule is Cc1c(-c2cccc[n+]2C)c2oc3ccccc3c2c2cccnc12.Cc1c(-c2cccc[n+]2C)c2oc3ccccc3c2c2ccncc12.Cc1c(-c2cccc[n+]2C)c2oc3ccccc3c2c2cnccc12.Cc1c(-c2cccc[n+]2C)c2oc3ccccc3c2c2ncccc12.Cc1c(-c2n(C)c3ccccc3[n+]2C)c2oc3ccccc3c2c2ccccc12. The molecule has 15 nitrogen and oxygen atoms in total. The van der Waals surface area contributed by atoms with Gasteiger partial charge < -0.3 is 22.1 Å². The first-order valence-corrected chi connectivity index (χ1v) is 43.5. The molecule has 0 radical (unpaired) electrons. The van der Waals surface area contributed by atoms with Crippen LogP contribution >= 0.6 is 0 Å². The van der Waals surface area contributed by atoms with E-state index >= 15 is 0 Å². The highest BCUT2D eigenvalue weighted by Crippen LogP contribution is 2.49. The lowest BCUT2D eigenvalue weighted by atomic mass is 9.94. The molecule has 0 fully saturated rings. The Morgan fingerprint density at radius 1 is 0.248 bits per heavy atom. The molecule has 14 heterocycles. The van der Waals surface area contributed by atoms with E-state index in [9.17, 15) is 0 Å². The van der Waals surface area contributed by atoms with E-state index in [4.69, 9.17) is 22.1 Å². The monoisotopic (exact) mass is 1680 g/mol. The number of imidazole rings is 1. The van der Waals surface area contributed by atoms with Crippen LogP contribution in [0.25, 0.3) is 231 Å². The number of para-hydroxylation sites is 7. The van der Waals surface area contributed by atoms with Gasteiger partial charge in [0.2, 0.25) is 22.8 Å². The quantitative estimate of drug-likeness (QED) is 0.154. The molecule has 0 aliphatic heterocycles. The van der Waals surface area contributed by atoms with E-state index in [2.05, 4.69) is 331 Å². The van der Waals surface area contributed by atoms with Crippen molar-refractivity contribution in [2.24, 2.45) is 42.3 Å². The summed E-state index contributed by atoms with van der Waals surface area (Å²) in [5.41, 5.74) is 29.9. The molecular formula is C114H89N10O5+5. The van der Waals surface area contributed by atoms with Crippen molar-refractivity contribution >= 4 is 175 Å². The van der Waals surface area contributed by atoms with Gasteiger partial charge in [0, 0.05) is 156 Å². The van der Waals surface area contributed by atoms with Gasteiger partial charge in [-0.15, -0.1) is 0 Å². The Morgan fingerprint density at radius 3 is 1.02 bits per heavy atom. The molecule has 15 heteroatoms. The van der Waals surface area contributed by atoms with Gasteiger partial charge in [0.15, 0.2) is 47.0 Å². The molecule has 0 aliphatic rings. The van der Waals surface area contributed by atoms with Gasteiger partial charge >= 0.3 is 0 Å². The van der Waals surface area contributed by atoms with E-state index in [1.165, 1.54) is 76.4 Å². The van der Waals surface area contributed by atoms with Crippen LogP contribution < -0.4 is 22.8 Å². The topological polar surface area (TPSA) is 142 Å². The van der Waals surface area contributed by atoms with E-state index < -0.39 is 0 Å². The number of fused-ring (bicyclic) bond motifs is 26. The molecule has 14 aromatic heterocycles. The predicted octanol–water partition coefficient (Wildman–Crippen LogP) is 25.8. The lowest BCUT2D eigenvalue weighted by Gasteiger charge is -2.10. The Bertz CT molecular complexity index is 8230. The van der Waals surface area contributed by atoms with Crippen molar-refractivity contribution in [1.82, 2.24) is 24.5 Å². The number of benzene rings is 12. The molecule has 620 valence electrons. The number of rotatable bonds is 5. The van der Waals surface area contributed by atoms with Crippen molar-refractivity contribution < 1.29 is 44.9 Å². The number of furan rings is 5. The molecule has 26 rings (SSSR count). The Balaban J connectivity index is 0.0000000949. The van der Waals surface area contributed by atoms with Crippen LogP contribution in [0.1, 0.15) is 27.8 Å². The molecule has 26 aromatic rings. The van der Waals surface area contributed by atoms with Crippen LogP contribution in [0.5, 0.6) is 0 Å². The summed E-state index contributed by atoms with van der Waals surface area (Å²) in [5, 5.41) is 21.0. The zero-order valence-electron chi connectivity index (χ0n) is 73.3. The maximum Gasteiger partial charge on any atom is 0.293 e. The van der Waals surface area contributed by atoms with Crippen molar-refractivity contribution in [2.45, 2.75) is 34.6 Å². The minimum atomic E-state index is 0.898. The highest BCUT2D eigenvalue weighted by atomic mass is 16.3. The molecule has 0 spiro atoms. The fourth-order valence-electron chi connectivity index (χ4n) is 20.0. The minimum absolute atomic E-state index is 0.898. The summed E-state index contributed by atoms with van der Waals surface area (Å²) in [6.45, 7) is 10.8. The molecule has 0 atom stereocenters. The van der Waals surface area contributed by atoms with Crippen molar-refractivity contribution in [3.8, 4) is 56.4 Å². The molecule has 0 saturated carbocycles. The average Bonchev–Trinajstić information content (AvgIpc) is 1.65. The highest BCUT2D eigenvalue weighted by molar-refractivity contribution is 6.28. The number of hydrogen-bond acceptors (Lipinski definition) is 9. The molecular weight excluding hydrogens is 1590 g/mol. The standard InChI is InChI=1S/C26H21N2O.4C22H17N2O/c1-16-17-10-4-5-11-18(17)24-19-12-6-9-15-22(19)29-25(24)23(16)26-27(2)20-13-7-8-14-21(20)28(26)3;1-14-15-9-7-12-23-21(15)20-16-8-3-4-11-18(16)25-22(20)19(14)17-10-5-6-13-24(17)2;1-14-19(17-10-5-6-13-24(17)2)22-20(16-9-7-12-23-21(14)16)15-8-3-4-11-18(15)25-22;1-14-17-13-23-11-10-15(17)21-16-7-3-4-9-19(16)25-22(21)20(14)18-8-5-6-12-24(18)2;1-14-15-10-11-23-13-17(15)21-16-7-3-4-9-19(16)25-22(21)20(14)18-8-5-6-12-24(18)2/h4-15H,1-3H3;4*3-13H,1-2H3/q5*+1. The minimum Gasteiger partial charge on any atom is -0.455 e. The molecule has 0 unspecified atom stereocenters. The van der Waals surface area contributed by atoms with Gasteiger partial charge in [-0.1, -0.05) is 140 Å². The summed E-state index contributed by atoms with van der Waals surface area (Å²) in [7, 11) is 12.5. The van der Waals surface area contributed by atoms with Crippen molar-refractivity contribution in [1.29, 1.82) is 0 Å². The first kappa shape index (κ1) is 78.6. The van der Waals surface area contributed by atoms with Gasteiger partial charge in [-0.25, -0.2) is 27.4 Å². The van der Waals surface area contributed by atoms with E-state index in [0.717, 1.165) is 183 Å². The van der Waals surface area contributed by atoms with Gasteiger partial charge in [0.1, 0.15) is 78.4 Å². The Labute approximate surface area is 741 Å². The van der Waals surface area contributed by atoms with E-state index in [-0.39, 0.29) is 0 Å². The van der Waals surface area contributed by atoms with E-state index in [0.29, 0.717) is 0 Å². The third kappa shape index (κ3) is 12.7. The maximum atomic E-state index is 6.51. The summed E-state index contributed by atoms with van der Waals surface area (Å²) >= 11 is 0. The third-order valence-corrected chi connectivity index (χ3v) is 26.2. The van der Waals surface area contributed by atoms with Gasteiger partial charge in [-0.05, 0) is 175 Å². The third-order valence-electron chi connectivity index (χ3n) is 26.2. The smallest absolute Gasteiger partial charge is 0.293 e. The van der Waals surface area contributed by atoms with Crippen molar-refractivity contribution in [3.63, 3.8) is 0 Å². The number of hydrogen-bond donors (Lipinski definition) is 0. The van der Waals surface area contributed by atoms with Crippen LogP contribution in [0.15, 0.2) is 363 Å². The summed E-state index contributed by atoms with van der Waals surface area (Å²) in [6, 6.07) is 95.8. The number of aryl methyl sites for hydroxylation is 11. The first-order valence-electron chi connectivity index (χ1n) is 43.5. The Morgan fingerprint density at radius 2 is 0.558 bits per heavy atom. The van der Waals surface area contributed by atoms with Crippen LogP contribution in [0.3, 0.4) is 0 Å². The fourth-order valence-corrected chi connectivity index (χ4v) is 20.0. The molecule has 0 N–H and O–H groups in total.